The summed E-state index contributed by atoms with van der Waals surface area (Å²) >= 11 is 0. The van der Waals surface area contributed by atoms with Crippen LogP contribution in [0.2, 0.25) is 13.1 Å². The molecule has 0 saturated carbocycles. The molecule has 0 rings (SSSR count). The van der Waals surface area contributed by atoms with Gasteiger partial charge in [0.05, 0.1) is 0 Å². The van der Waals surface area contributed by atoms with E-state index < -0.39 is 15.9 Å². The van der Waals surface area contributed by atoms with E-state index in [1.165, 1.54) is 76.0 Å². The molecule has 1 nitrogen and oxygen atoms in total. The Morgan fingerprint density at radius 1 is 0.619 bits per heavy atom. The van der Waals surface area contributed by atoms with Crippen molar-refractivity contribution in [1.82, 2.24) is 0 Å². The molecule has 21 heavy (non-hydrogen) atoms. The quantitative estimate of drug-likeness (QED) is 0.247. The zero-order chi connectivity index (χ0) is 16.2. The predicted octanol–water partition coefficient (Wildman–Crippen LogP) is 6.92. The molecule has 0 saturated heterocycles. The topological polar surface area (TPSA) is 9.23 Å². The summed E-state index contributed by atoms with van der Waals surface area (Å²) in [5.41, 5.74) is 0. The SMILES string of the molecule is CCCCP(CCCC)(CCCC)(CCCC)O[Si](C)C. The van der Waals surface area contributed by atoms with Crippen LogP contribution in [0.4, 0.5) is 0 Å². The second kappa shape index (κ2) is 11.2. The van der Waals surface area contributed by atoms with Gasteiger partial charge in [-0.3, -0.25) is 0 Å². The third kappa shape index (κ3) is 7.62. The van der Waals surface area contributed by atoms with Gasteiger partial charge in [-0.15, -0.1) is 0 Å². The van der Waals surface area contributed by atoms with Gasteiger partial charge in [0.15, 0.2) is 0 Å². The van der Waals surface area contributed by atoms with Crippen LogP contribution >= 0.6 is 6.83 Å². The van der Waals surface area contributed by atoms with Crippen molar-refractivity contribution in [2.75, 3.05) is 24.6 Å². The van der Waals surface area contributed by atoms with Crippen molar-refractivity contribution in [3.8, 4) is 0 Å². The van der Waals surface area contributed by atoms with Crippen LogP contribution in [0.3, 0.4) is 0 Å². The van der Waals surface area contributed by atoms with Crippen LogP contribution in [0.1, 0.15) is 79.1 Å². The van der Waals surface area contributed by atoms with E-state index >= 15 is 0 Å². The van der Waals surface area contributed by atoms with Crippen LogP contribution in [0.25, 0.3) is 0 Å². The van der Waals surface area contributed by atoms with Crippen LogP contribution in [-0.2, 0) is 4.21 Å². The van der Waals surface area contributed by atoms with Gasteiger partial charge in [-0.1, -0.05) is 0 Å². The molecule has 0 aromatic rings. The summed E-state index contributed by atoms with van der Waals surface area (Å²) in [6, 6.07) is 0. The molecule has 0 atom stereocenters. The average molecular weight is 334 g/mol. The van der Waals surface area contributed by atoms with Crippen molar-refractivity contribution in [3.63, 3.8) is 0 Å². The first kappa shape index (κ1) is 21.6. The second-order valence-electron chi connectivity index (χ2n) is 7.17. The van der Waals surface area contributed by atoms with E-state index in [0.29, 0.717) is 0 Å². The van der Waals surface area contributed by atoms with E-state index in [9.17, 15) is 0 Å². The zero-order valence-corrected chi connectivity index (χ0v) is 17.7. The van der Waals surface area contributed by atoms with Gasteiger partial charge < -0.3 is 0 Å². The first-order valence-electron chi connectivity index (χ1n) is 9.48. The fraction of sp³-hybridized carbons (Fsp3) is 1.00. The van der Waals surface area contributed by atoms with Crippen molar-refractivity contribution in [2.45, 2.75) is 92.2 Å². The minimum atomic E-state index is -1.94. The Hall–Kier alpha value is 0.607. The summed E-state index contributed by atoms with van der Waals surface area (Å²) in [5, 5.41) is 0. The molecule has 0 spiro atoms. The fourth-order valence-corrected chi connectivity index (χ4v) is 15.0. The molecule has 0 bridgehead atoms. The first-order chi connectivity index (χ1) is 9.97. The first-order valence-corrected chi connectivity index (χ1v) is 14.8. The Morgan fingerprint density at radius 2 is 0.905 bits per heavy atom. The molecule has 0 aromatic heterocycles. The predicted molar refractivity (Wildman–Crippen MR) is 105 cm³/mol. The summed E-state index contributed by atoms with van der Waals surface area (Å²) in [6.07, 6.45) is 16.5. The van der Waals surface area contributed by atoms with Crippen molar-refractivity contribution >= 4 is 15.9 Å². The van der Waals surface area contributed by atoms with E-state index in [1.807, 2.05) is 0 Å². The Morgan fingerprint density at radius 3 is 1.10 bits per heavy atom. The fourth-order valence-electron chi connectivity index (χ4n) is 3.60. The average Bonchev–Trinajstić information content (AvgIpc) is 2.47. The molecule has 0 aromatic carbocycles. The molecule has 0 aliphatic carbocycles. The molecule has 0 fully saturated rings. The maximum atomic E-state index is 7.07. The van der Waals surface area contributed by atoms with Crippen molar-refractivity contribution in [3.05, 3.63) is 0 Å². The summed E-state index contributed by atoms with van der Waals surface area (Å²) in [4.78, 5) is 0. The molecule has 0 heterocycles. The third-order valence-electron chi connectivity index (χ3n) is 4.75. The van der Waals surface area contributed by atoms with E-state index in [0.717, 1.165) is 0 Å². The Labute approximate surface area is 137 Å². The van der Waals surface area contributed by atoms with Gasteiger partial charge >= 0.3 is 137 Å². The number of rotatable bonds is 14. The van der Waals surface area contributed by atoms with Gasteiger partial charge in [0.1, 0.15) is 0 Å². The van der Waals surface area contributed by atoms with E-state index in [2.05, 4.69) is 40.8 Å². The molecule has 0 aliphatic rings. The van der Waals surface area contributed by atoms with Gasteiger partial charge in [-0.05, 0) is 0 Å². The van der Waals surface area contributed by atoms with E-state index in [-0.39, 0.29) is 0 Å². The van der Waals surface area contributed by atoms with Crippen LogP contribution in [0.5, 0.6) is 0 Å². The molecule has 1 radical (unpaired) electrons. The van der Waals surface area contributed by atoms with Gasteiger partial charge in [0.2, 0.25) is 0 Å². The number of unbranched alkanes of at least 4 members (excludes halogenated alkanes) is 4. The van der Waals surface area contributed by atoms with Gasteiger partial charge in [0.25, 0.3) is 0 Å². The summed E-state index contributed by atoms with van der Waals surface area (Å²) < 4.78 is 7.07. The third-order valence-corrected chi connectivity index (χ3v) is 14.1. The molecule has 129 valence electrons. The summed E-state index contributed by atoms with van der Waals surface area (Å²) in [7, 11) is -0.610. The van der Waals surface area contributed by atoms with Gasteiger partial charge in [0, 0.05) is 0 Å². The number of hydrogen-bond acceptors (Lipinski definition) is 1. The minimum absolute atomic E-state index is 0.610. The van der Waals surface area contributed by atoms with Gasteiger partial charge in [-0.2, -0.15) is 0 Å². The monoisotopic (exact) mass is 333 g/mol. The zero-order valence-electron chi connectivity index (χ0n) is 15.8. The molecule has 0 N–H and O–H groups in total. The van der Waals surface area contributed by atoms with Crippen molar-refractivity contribution in [2.24, 2.45) is 0 Å². The van der Waals surface area contributed by atoms with E-state index in [4.69, 9.17) is 4.21 Å². The Kier molecular flexibility index (Phi) is 11.5. The molecular weight excluding hydrogens is 291 g/mol. The van der Waals surface area contributed by atoms with Gasteiger partial charge in [-0.25, -0.2) is 0 Å². The van der Waals surface area contributed by atoms with Crippen LogP contribution in [0.15, 0.2) is 0 Å². The second-order valence-corrected chi connectivity index (χ2v) is 15.2. The van der Waals surface area contributed by atoms with E-state index in [1.54, 1.807) is 0 Å². The van der Waals surface area contributed by atoms with Crippen LogP contribution in [-0.4, -0.2) is 33.7 Å². The molecule has 0 aliphatic heterocycles. The van der Waals surface area contributed by atoms with Crippen molar-refractivity contribution in [1.29, 1.82) is 0 Å². The Bertz CT molecular complexity index is 212. The number of hydrogen-bond donors (Lipinski definition) is 0. The summed E-state index contributed by atoms with van der Waals surface area (Å²) in [6.45, 7) is 12.2. The normalized spacial score (nSPS) is 14.3. The molecule has 0 amide bonds. The van der Waals surface area contributed by atoms with Crippen LogP contribution in [0, 0.1) is 0 Å². The Balaban J connectivity index is 5.44. The molecule has 0 unspecified atom stereocenters. The maximum absolute atomic E-state index is 7.07. The molecule has 3 heteroatoms. The summed E-state index contributed by atoms with van der Waals surface area (Å²) in [5.74, 6) is 0. The standard InChI is InChI=1S/C18H42OPSi/c1-7-11-15-20(16-12-8-2,17-13-9-3,18-14-10-4)19-21(5)6/h7-18H2,1-6H3. The van der Waals surface area contributed by atoms with Crippen LogP contribution < -0.4 is 0 Å². The van der Waals surface area contributed by atoms with Crippen molar-refractivity contribution < 1.29 is 4.21 Å². The molecular formula is C18H42OPSi.